The topological polar surface area (TPSA) is 47.6 Å². The van der Waals surface area contributed by atoms with Gasteiger partial charge in [0, 0.05) is 17.4 Å². The summed E-state index contributed by atoms with van der Waals surface area (Å²) in [5, 5.41) is 3.07. The second-order valence-electron chi connectivity index (χ2n) is 8.60. The molecule has 3 unspecified atom stereocenters. The van der Waals surface area contributed by atoms with E-state index in [4.69, 9.17) is 9.47 Å². The lowest BCUT2D eigenvalue weighted by molar-refractivity contribution is -0.149. The predicted octanol–water partition coefficient (Wildman–Crippen LogP) is 4.85. The molecule has 1 aliphatic heterocycles. The van der Waals surface area contributed by atoms with Gasteiger partial charge in [0.1, 0.15) is 6.61 Å². The third-order valence-electron chi connectivity index (χ3n) is 7.07. The monoisotopic (exact) mass is 361 g/mol. The van der Waals surface area contributed by atoms with E-state index in [0.29, 0.717) is 31.0 Å². The number of ether oxygens (including phenoxy) is 2. The van der Waals surface area contributed by atoms with Gasteiger partial charge in [0.2, 0.25) is 0 Å². The van der Waals surface area contributed by atoms with Crippen LogP contribution in [0, 0.1) is 23.2 Å². The van der Waals surface area contributed by atoms with E-state index >= 15 is 0 Å². The summed E-state index contributed by atoms with van der Waals surface area (Å²) in [6.45, 7) is 9.86. The van der Waals surface area contributed by atoms with Crippen molar-refractivity contribution in [3.8, 4) is 0 Å². The molecule has 4 heteroatoms. The number of carbonyl (C=O) groups excluding carboxylic acids is 1. The van der Waals surface area contributed by atoms with Gasteiger partial charge in [-0.3, -0.25) is 0 Å². The quantitative estimate of drug-likeness (QED) is 0.728. The van der Waals surface area contributed by atoms with Crippen LogP contribution in [0.3, 0.4) is 0 Å². The Morgan fingerprint density at radius 2 is 2.08 bits per heavy atom. The predicted molar refractivity (Wildman–Crippen MR) is 104 cm³/mol. The minimum absolute atomic E-state index is 0.128. The Kier molecular flexibility index (Phi) is 6.11. The van der Waals surface area contributed by atoms with Crippen molar-refractivity contribution in [2.75, 3.05) is 13.2 Å². The minimum atomic E-state index is -0.260. The van der Waals surface area contributed by atoms with Crippen molar-refractivity contribution >= 4 is 6.09 Å². The molecule has 3 aliphatic rings. The average molecular weight is 362 g/mol. The highest BCUT2D eigenvalue weighted by atomic mass is 16.6. The van der Waals surface area contributed by atoms with Crippen LogP contribution in [0.25, 0.3) is 0 Å². The van der Waals surface area contributed by atoms with Gasteiger partial charge in [-0.25, -0.2) is 4.79 Å². The largest absolute Gasteiger partial charge is 0.449 e. The molecule has 2 bridgehead atoms. The van der Waals surface area contributed by atoms with E-state index < -0.39 is 0 Å². The van der Waals surface area contributed by atoms with Gasteiger partial charge in [-0.05, 0) is 38.5 Å². The Hall–Kier alpha value is -1.29. The second kappa shape index (κ2) is 8.16. The number of rotatable bonds is 4. The number of nitrogens with one attached hydrogen (secondary N) is 1. The maximum atomic E-state index is 12.4. The van der Waals surface area contributed by atoms with Gasteiger partial charge in [0.15, 0.2) is 0 Å². The Bertz CT molecular complexity index is 564. The van der Waals surface area contributed by atoms with E-state index in [1.807, 2.05) is 6.92 Å². The second-order valence-corrected chi connectivity index (χ2v) is 8.60. The van der Waals surface area contributed by atoms with Crippen LogP contribution in [0.1, 0.15) is 59.8 Å². The number of hydrogen-bond donors (Lipinski definition) is 1. The number of carbonyl (C=O) groups is 1. The van der Waals surface area contributed by atoms with Crippen molar-refractivity contribution in [3.63, 3.8) is 0 Å². The molecule has 1 heterocycles. The molecule has 0 spiro atoms. The lowest BCUT2D eigenvalue weighted by Gasteiger charge is -2.54. The lowest BCUT2D eigenvalue weighted by atomic mass is 9.56. The highest BCUT2D eigenvalue weighted by Crippen LogP contribution is 2.52. The summed E-state index contributed by atoms with van der Waals surface area (Å²) in [4.78, 5) is 12.4. The van der Waals surface area contributed by atoms with Gasteiger partial charge in [-0.1, -0.05) is 56.9 Å². The molecule has 3 rings (SSSR count). The van der Waals surface area contributed by atoms with Crippen LogP contribution in [-0.4, -0.2) is 31.5 Å². The van der Waals surface area contributed by atoms with Gasteiger partial charge in [0.25, 0.3) is 0 Å². The first kappa shape index (κ1) is 19.5. The van der Waals surface area contributed by atoms with E-state index in [0.717, 1.165) is 12.8 Å². The van der Waals surface area contributed by atoms with Gasteiger partial charge in [-0.2, -0.15) is 0 Å². The fourth-order valence-electron chi connectivity index (χ4n) is 5.32. The Morgan fingerprint density at radius 3 is 2.77 bits per heavy atom. The molecule has 0 aromatic carbocycles. The van der Waals surface area contributed by atoms with Crippen LogP contribution in [-0.2, 0) is 9.47 Å². The van der Waals surface area contributed by atoms with Gasteiger partial charge in [-0.15, -0.1) is 0 Å². The van der Waals surface area contributed by atoms with E-state index in [-0.39, 0.29) is 23.7 Å². The fourth-order valence-corrected chi connectivity index (χ4v) is 5.32. The minimum Gasteiger partial charge on any atom is -0.449 e. The van der Waals surface area contributed by atoms with E-state index in [1.54, 1.807) is 0 Å². The summed E-state index contributed by atoms with van der Waals surface area (Å²) < 4.78 is 12.0. The molecule has 146 valence electrons. The molecule has 2 aliphatic carbocycles. The first-order chi connectivity index (χ1) is 12.5. The average Bonchev–Trinajstić information content (AvgIpc) is 2.61. The Balaban J connectivity index is 1.66. The van der Waals surface area contributed by atoms with Crippen LogP contribution in [0.15, 0.2) is 23.8 Å². The Labute approximate surface area is 158 Å². The molecule has 1 saturated heterocycles. The van der Waals surface area contributed by atoms with Crippen LogP contribution in [0.5, 0.6) is 0 Å². The van der Waals surface area contributed by atoms with Crippen molar-refractivity contribution in [1.82, 2.24) is 5.32 Å². The van der Waals surface area contributed by atoms with Crippen molar-refractivity contribution in [3.05, 3.63) is 23.8 Å². The first-order valence-electron chi connectivity index (χ1n) is 10.3. The molecule has 5 atom stereocenters. The smallest absolute Gasteiger partial charge is 0.407 e. The third-order valence-corrected chi connectivity index (χ3v) is 7.07. The molecule has 1 saturated carbocycles. The van der Waals surface area contributed by atoms with Crippen molar-refractivity contribution < 1.29 is 14.3 Å². The van der Waals surface area contributed by atoms with Crippen LogP contribution in [0.4, 0.5) is 4.79 Å². The number of amides is 1. The molecule has 26 heavy (non-hydrogen) atoms. The molecule has 0 aromatic heterocycles. The summed E-state index contributed by atoms with van der Waals surface area (Å²) in [5.41, 5.74) is 1.27. The van der Waals surface area contributed by atoms with Gasteiger partial charge in [0.05, 0.1) is 12.7 Å². The standard InChI is InChI=1S/C22H35NO3/c1-5-9-19-20-15(2)12-16(3)22(13-25-19,17(20)4)14-26-21(24)23-18-10-7-6-8-11-18/h5,9,12,16-20H,6-8,10-11,13-14H2,1-4H3,(H,23,24)/b9-5+/t16?,17-,19?,20?,22-/m1/s1. The zero-order valence-corrected chi connectivity index (χ0v) is 16.8. The van der Waals surface area contributed by atoms with Crippen molar-refractivity contribution in [1.29, 1.82) is 0 Å². The molecule has 1 amide bonds. The van der Waals surface area contributed by atoms with Gasteiger partial charge >= 0.3 is 6.09 Å². The fraction of sp³-hybridized carbons (Fsp3) is 0.773. The van der Waals surface area contributed by atoms with Crippen LogP contribution >= 0.6 is 0 Å². The van der Waals surface area contributed by atoms with Crippen molar-refractivity contribution in [2.24, 2.45) is 23.2 Å². The highest BCUT2D eigenvalue weighted by Gasteiger charge is 2.53. The number of allylic oxidation sites excluding steroid dienone is 2. The van der Waals surface area contributed by atoms with Crippen LogP contribution in [0.2, 0.25) is 0 Å². The third kappa shape index (κ3) is 3.71. The highest BCUT2D eigenvalue weighted by molar-refractivity contribution is 5.67. The summed E-state index contributed by atoms with van der Waals surface area (Å²) in [6, 6.07) is 0.284. The summed E-state index contributed by atoms with van der Waals surface area (Å²) in [7, 11) is 0. The molecule has 2 fully saturated rings. The van der Waals surface area contributed by atoms with E-state index in [9.17, 15) is 4.79 Å². The summed E-state index contributed by atoms with van der Waals surface area (Å²) >= 11 is 0. The number of alkyl carbamates (subject to hydrolysis) is 1. The zero-order valence-electron chi connectivity index (χ0n) is 16.8. The van der Waals surface area contributed by atoms with Crippen LogP contribution < -0.4 is 5.32 Å². The zero-order chi connectivity index (χ0) is 18.7. The van der Waals surface area contributed by atoms with Gasteiger partial charge < -0.3 is 14.8 Å². The normalized spacial score (nSPS) is 38.1. The maximum absolute atomic E-state index is 12.4. The molecule has 0 radical (unpaired) electrons. The molecular weight excluding hydrogens is 326 g/mol. The molecular formula is C22H35NO3. The summed E-state index contributed by atoms with van der Waals surface area (Å²) in [5.74, 6) is 1.11. The number of hydrogen-bond acceptors (Lipinski definition) is 3. The van der Waals surface area contributed by atoms with E-state index in [2.05, 4.69) is 44.3 Å². The number of fused-ring (bicyclic) bond motifs is 2. The summed E-state index contributed by atoms with van der Waals surface area (Å²) in [6.07, 6.45) is 12.3. The lowest BCUT2D eigenvalue weighted by Crippen LogP contribution is -2.56. The first-order valence-corrected chi connectivity index (χ1v) is 10.3. The molecule has 0 aromatic rings. The molecule has 4 nitrogen and oxygen atoms in total. The van der Waals surface area contributed by atoms with E-state index in [1.165, 1.54) is 24.8 Å². The maximum Gasteiger partial charge on any atom is 0.407 e. The van der Waals surface area contributed by atoms with Crippen molar-refractivity contribution in [2.45, 2.75) is 71.9 Å². The molecule has 1 N–H and O–H groups in total. The Morgan fingerprint density at radius 1 is 1.35 bits per heavy atom. The SMILES string of the molecule is C/C=C/C1OC[C@@]2(COC(=O)NC3CCCCC3)C(C)C=C(C)C1[C@H]2C.